The summed E-state index contributed by atoms with van der Waals surface area (Å²) in [6.45, 7) is 1.62. The third-order valence-corrected chi connectivity index (χ3v) is 2.43. The molecule has 2 bridgehead atoms. The van der Waals surface area contributed by atoms with E-state index in [4.69, 9.17) is 0 Å². The lowest BCUT2D eigenvalue weighted by Crippen LogP contribution is -2.45. The van der Waals surface area contributed by atoms with Crippen LogP contribution in [0.15, 0.2) is 0 Å². The molecule has 0 aromatic rings. The number of hydrogen-bond donors (Lipinski definition) is 1. The van der Waals surface area contributed by atoms with Crippen LogP contribution < -0.4 is 5.43 Å². The first-order chi connectivity index (χ1) is 4.77. The Balaban J connectivity index is 2.08. The first-order valence-electron chi connectivity index (χ1n) is 3.83. The van der Waals surface area contributed by atoms with E-state index < -0.39 is 0 Å². The zero-order valence-electron chi connectivity index (χ0n) is 6.13. The van der Waals surface area contributed by atoms with Gasteiger partial charge in [-0.15, -0.1) is 0 Å². The zero-order valence-corrected chi connectivity index (χ0v) is 6.13. The highest BCUT2D eigenvalue weighted by Gasteiger charge is 2.38. The highest BCUT2D eigenvalue weighted by atomic mass is 16.2. The maximum Gasteiger partial charge on any atom is 0.233 e. The molecule has 2 fully saturated rings. The average molecular weight is 140 g/mol. The first-order valence-corrected chi connectivity index (χ1v) is 3.83. The lowest BCUT2D eigenvalue weighted by Gasteiger charge is -2.25. The molecule has 3 nitrogen and oxygen atoms in total. The quantitative estimate of drug-likeness (QED) is 0.524. The minimum atomic E-state index is 0.159. The van der Waals surface area contributed by atoms with Crippen molar-refractivity contribution in [2.45, 2.75) is 38.3 Å². The number of fused-ring (bicyclic) bond motifs is 2. The van der Waals surface area contributed by atoms with Crippen LogP contribution in [0.25, 0.3) is 0 Å². The van der Waals surface area contributed by atoms with Gasteiger partial charge in [0.05, 0.1) is 0 Å². The van der Waals surface area contributed by atoms with Crippen LogP contribution in [0, 0.1) is 0 Å². The van der Waals surface area contributed by atoms with Crippen LogP contribution >= 0.6 is 0 Å². The van der Waals surface area contributed by atoms with E-state index in [9.17, 15) is 4.79 Å². The third kappa shape index (κ3) is 0.736. The minimum absolute atomic E-state index is 0.159. The van der Waals surface area contributed by atoms with Crippen LogP contribution in [-0.2, 0) is 4.79 Å². The van der Waals surface area contributed by atoms with Crippen molar-refractivity contribution in [1.29, 1.82) is 0 Å². The van der Waals surface area contributed by atoms with E-state index in [-0.39, 0.29) is 5.91 Å². The molecular formula is C7H12N2O. The molecule has 1 heterocycles. The Bertz CT molecular complexity index is 169. The molecular weight excluding hydrogens is 128 g/mol. The maximum absolute atomic E-state index is 10.9. The fourth-order valence-electron chi connectivity index (χ4n) is 1.96. The van der Waals surface area contributed by atoms with Crippen molar-refractivity contribution < 1.29 is 4.79 Å². The molecule has 2 atom stereocenters. The first kappa shape index (κ1) is 6.16. The second-order valence-electron chi connectivity index (χ2n) is 3.18. The predicted molar refractivity (Wildman–Crippen MR) is 37.1 cm³/mol. The van der Waals surface area contributed by atoms with Crippen molar-refractivity contribution in [3.05, 3.63) is 0 Å². The van der Waals surface area contributed by atoms with Gasteiger partial charge in [-0.1, -0.05) is 0 Å². The maximum atomic E-state index is 10.9. The smallest absolute Gasteiger partial charge is 0.233 e. The van der Waals surface area contributed by atoms with Crippen LogP contribution in [0.3, 0.4) is 0 Å². The van der Waals surface area contributed by atoms with Gasteiger partial charge in [-0.3, -0.25) is 9.80 Å². The molecule has 2 unspecified atom stereocenters. The van der Waals surface area contributed by atoms with Gasteiger partial charge in [-0.25, -0.2) is 5.43 Å². The van der Waals surface area contributed by atoms with Gasteiger partial charge in [-0.2, -0.15) is 0 Å². The topological polar surface area (TPSA) is 32.3 Å². The fourth-order valence-corrected chi connectivity index (χ4v) is 1.96. The van der Waals surface area contributed by atoms with E-state index in [0.29, 0.717) is 12.1 Å². The molecule has 1 aliphatic heterocycles. The molecule has 1 saturated heterocycles. The summed E-state index contributed by atoms with van der Waals surface area (Å²) >= 11 is 0. The zero-order chi connectivity index (χ0) is 7.14. The standard InChI is InChI=1S/C7H12N2O/c1-5(10)9-7-3-2-6(4-7)8-9/h6-8H,2-4H2,1H3. The van der Waals surface area contributed by atoms with Crippen molar-refractivity contribution in [3.8, 4) is 0 Å². The van der Waals surface area contributed by atoms with Crippen molar-refractivity contribution in [2.75, 3.05) is 0 Å². The van der Waals surface area contributed by atoms with Crippen LogP contribution in [-0.4, -0.2) is 23.0 Å². The van der Waals surface area contributed by atoms with Crippen LogP contribution in [0.4, 0.5) is 0 Å². The minimum Gasteiger partial charge on any atom is -0.275 e. The van der Waals surface area contributed by atoms with Crippen LogP contribution in [0.2, 0.25) is 0 Å². The van der Waals surface area contributed by atoms with Gasteiger partial charge >= 0.3 is 0 Å². The fraction of sp³-hybridized carbons (Fsp3) is 0.857. The van der Waals surface area contributed by atoms with E-state index in [1.54, 1.807) is 11.9 Å². The number of rotatable bonds is 0. The molecule has 3 heteroatoms. The van der Waals surface area contributed by atoms with E-state index in [2.05, 4.69) is 5.43 Å². The molecule has 2 rings (SSSR count). The molecule has 0 aromatic heterocycles. The molecule has 0 aromatic carbocycles. The van der Waals surface area contributed by atoms with Gasteiger partial charge in [0.15, 0.2) is 0 Å². The molecule has 2 aliphatic rings. The van der Waals surface area contributed by atoms with Gasteiger partial charge in [0.25, 0.3) is 0 Å². The molecule has 10 heavy (non-hydrogen) atoms. The molecule has 56 valence electrons. The van der Waals surface area contributed by atoms with Crippen molar-refractivity contribution >= 4 is 5.91 Å². The highest BCUT2D eigenvalue weighted by molar-refractivity contribution is 5.73. The van der Waals surface area contributed by atoms with Gasteiger partial charge < -0.3 is 0 Å². The van der Waals surface area contributed by atoms with Gasteiger partial charge in [0.2, 0.25) is 5.91 Å². The number of nitrogens with zero attached hydrogens (tertiary/aromatic N) is 1. The lowest BCUT2D eigenvalue weighted by atomic mass is 10.2. The summed E-state index contributed by atoms with van der Waals surface area (Å²) in [6, 6.07) is 1.09. The summed E-state index contributed by atoms with van der Waals surface area (Å²) in [4.78, 5) is 10.9. The average Bonchev–Trinajstić information content (AvgIpc) is 2.44. The number of carbonyl (C=O) groups excluding carboxylic acids is 1. The Morgan fingerprint density at radius 1 is 1.60 bits per heavy atom. The number of amides is 1. The van der Waals surface area contributed by atoms with E-state index >= 15 is 0 Å². The summed E-state index contributed by atoms with van der Waals surface area (Å²) in [5.74, 6) is 0.159. The van der Waals surface area contributed by atoms with E-state index in [1.165, 1.54) is 19.3 Å². The van der Waals surface area contributed by atoms with Crippen molar-refractivity contribution in [1.82, 2.24) is 10.4 Å². The summed E-state index contributed by atoms with van der Waals surface area (Å²) in [7, 11) is 0. The van der Waals surface area contributed by atoms with Crippen LogP contribution in [0.1, 0.15) is 26.2 Å². The SMILES string of the molecule is CC(=O)N1NC2CCC1C2. The van der Waals surface area contributed by atoms with E-state index in [0.717, 1.165) is 0 Å². The largest absolute Gasteiger partial charge is 0.275 e. The van der Waals surface area contributed by atoms with Gasteiger partial charge in [0, 0.05) is 19.0 Å². The summed E-state index contributed by atoms with van der Waals surface area (Å²) in [6.07, 6.45) is 3.60. The number of nitrogens with one attached hydrogen (secondary N) is 1. The number of hydrazine groups is 1. The second kappa shape index (κ2) is 1.95. The molecule has 1 amide bonds. The van der Waals surface area contributed by atoms with Crippen molar-refractivity contribution in [3.63, 3.8) is 0 Å². The molecule has 1 N–H and O–H groups in total. The summed E-state index contributed by atoms with van der Waals surface area (Å²) in [5.41, 5.74) is 3.17. The Labute approximate surface area is 60.4 Å². The van der Waals surface area contributed by atoms with Crippen molar-refractivity contribution in [2.24, 2.45) is 0 Å². The number of carbonyl (C=O) groups is 1. The molecule has 1 aliphatic carbocycles. The lowest BCUT2D eigenvalue weighted by molar-refractivity contribution is -0.133. The van der Waals surface area contributed by atoms with Gasteiger partial charge in [0.1, 0.15) is 0 Å². The predicted octanol–water partition coefficient (Wildman–Crippen LogP) is 0.274. The van der Waals surface area contributed by atoms with E-state index in [1.807, 2.05) is 0 Å². The Kier molecular flexibility index (Phi) is 1.20. The molecule has 0 radical (unpaired) electrons. The summed E-state index contributed by atoms with van der Waals surface area (Å²) in [5, 5.41) is 1.79. The Hall–Kier alpha value is -0.570. The Morgan fingerprint density at radius 3 is 2.70 bits per heavy atom. The van der Waals surface area contributed by atoms with Crippen LogP contribution in [0.5, 0.6) is 0 Å². The number of hydrogen-bond acceptors (Lipinski definition) is 2. The summed E-state index contributed by atoms with van der Waals surface area (Å²) < 4.78 is 0. The second-order valence-corrected chi connectivity index (χ2v) is 3.18. The monoisotopic (exact) mass is 140 g/mol. The third-order valence-electron chi connectivity index (χ3n) is 2.43. The Morgan fingerprint density at radius 2 is 2.40 bits per heavy atom. The molecule has 1 saturated carbocycles. The highest BCUT2D eigenvalue weighted by Crippen LogP contribution is 2.29. The molecule has 0 spiro atoms. The normalized spacial score (nSPS) is 37.1. The van der Waals surface area contributed by atoms with Gasteiger partial charge in [-0.05, 0) is 19.3 Å².